The molecule has 0 heterocycles. The van der Waals surface area contributed by atoms with Gasteiger partial charge in [-0.05, 0) is 42.8 Å². The number of sulfone groups is 1. The van der Waals surface area contributed by atoms with Crippen molar-refractivity contribution in [1.29, 1.82) is 0 Å². The van der Waals surface area contributed by atoms with Crippen molar-refractivity contribution in [2.24, 2.45) is 0 Å². The number of ether oxygens (including phenoxy) is 1. The maximum Gasteiger partial charge on any atom is 0.350 e. The highest BCUT2D eigenvalue weighted by Crippen LogP contribution is 2.21. The normalized spacial score (nSPS) is 12.0. The van der Waals surface area contributed by atoms with Crippen LogP contribution in [-0.4, -0.2) is 26.9 Å². The molecule has 0 saturated heterocycles. The number of para-hydroxylation sites is 1. The predicted molar refractivity (Wildman–Crippen MR) is 135 cm³/mol. The standard InChI is InChI=1S/C27H33NO5S/c1-3-4-5-6-7-14-22-33-27(30)26(34(31,32)25-18-12-9-13-19-25)20-15-21-28(23(2)29)24-16-10-8-11-17-24/h8-13,15-21H,3-7,14,22H2,1-2H3/b21-15+,26-20+. The van der Waals surface area contributed by atoms with Crippen molar-refractivity contribution < 1.29 is 22.7 Å². The van der Waals surface area contributed by atoms with Crippen LogP contribution in [0.5, 0.6) is 0 Å². The van der Waals surface area contributed by atoms with Gasteiger partial charge in [-0.25, -0.2) is 13.2 Å². The number of amides is 1. The van der Waals surface area contributed by atoms with Crippen molar-refractivity contribution in [3.8, 4) is 0 Å². The van der Waals surface area contributed by atoms with Gasteiger partial charge in [0.05, 0.1) is 11.5 Å². The summed E-state index contributed by atoms with van der Waals surface area (Å²) in [6, 6.07) is 16.7. The average molecular weight is 484 g/mol. The molecule has 0 unspecified atom stereocenters. The van der Waals surface area contributed by atoms with Crippen LogP contribution in [0.3, 0.4) is 0 Å². The quantitative estimate of drug-likeness (QED) is 0.155. The molecule has 2 aromatic rings. The van der Waals surface area contributed by atoms with Crippen molar-refractivity contribution in [2.45, 2.75) is 57.3 Å². The van der Waals surface area contributed by atoms with E-state index in [4.69, 9.17) is 4.74 Å². The third-order valence-electron chi connectivity index (χ3n) is 5.13. The van der Waals surface area contributed by atoms with Crippen LogP contribution in [0.1, 0.15) is 52.4 Å². The van der Waals surface area contributed by atoms with Gasteiger partial charge in [0.2, 0.25) is 15.7 Å². The molecule has 2 aromatic carbocycles. The fraction of sp³-hybridized carbons (Fsp3) is 0.333. The summed E-state index contributed by atoms with van der Waals surface area (Å²) in [7, 11) is -4.11. The first kappa shape index (κ1) is 27.1. The van der Waals surface area contributed by atoms with Crippen molar-refractivity contribution in [3.63, 3.8) is 0 Å². The fourth-order valence-electron chi connectivity index (χ4n) is 3.29. The largest absolute Gasteiger partial charge is 0.462 e. The van der Waals surface area contributed by atoms with Crippen LogP contribution in [0.4, 0.5) is 5.69 Å². The Labute approximate surface area is 202 Å². The summed E-state index contributed by atoms with van der Waals surface area (Å²) in [5.41, 5.74) is 0.623. The molecule has 0 N–H and O–H groups in total. The lowest BCUT2D eigenvalue weighted by Crippen LogP contribution is -2.21. The smallest absolute Gasteiger partial charge is 0.350 e. The first-order chi connectivity index (χ1) is 16.4. The number of anilines is 1. The van der Waals surface area contributed by atoms with Gasteiger partial charge in [-0.3, -0.25) is 9.69 Å². The molecule has 0 aliphatic heterocycles. The minimum atomic E-state index is -4.11. The molecule has 2 rings (SSSR count). The molecule has 6 nitrogen and oxygen atoms in total. The van der Waals surface area contributed by atoms with Crippen LogP contribution in [-0.2, 0) is 24.2 Å². The number of carbonyl (C=O) groups is 2. The zero-order valence-electron chi connectivity index (χ0n) is 19.9. The van der Waals surface area contributed by atoms with E-state index in [2.05, 4.69) is 6.92 Å². The third-order valence-corrected chi connectivity index (χ3v) is 6.91. The second-order valence-electron chi connectivity index (χ2n) is 7.82. The maximum absolute atomic E-state index is 13.2. The van der Waals surface area contributed by atoms with Crippen LogP contribution in [0, 0.1) is 0 Å². The van der Waals surface area contributed by atoms with Crippen LogP contribution in [0.15, 0.2) is 88.8 Å². The number of hydrogen-bond donors (Lipinski definition) is 0. The molecule has 0 aliphatic rings. The summed E-state index contributed by atoms with van der Waals surface area (Å²) in [5.74, 6) is -1.16. The van der Waals surface area contributed by atoms with Crippen molar-refractivity contribution >= 4 is 27.4 Å². The number of esters is 1. The molecule has 0 radical (unpaired) electrons. The van der Waals surface area contributed by atoms with E-state index in [1.54, 1.807) is 42.5 Å². The highest BCUT2D eigenvalue weighted by molar-refractivity contribution is 7.96. The summed E-state index contributed by atoms with van der Waals surface area (Å²) < 4.78 is 31.7. The molecular weight excluding hydrogens is 450 g/mol. The van der Waals surface area contributed by atoms with Crippen LogP contribution in [0.2, 0.25) is 0 Å². The first-order valence-corrected chi connectivity index (χ1v) is 13.1. The van der Waals surface area contributed by atoms with Gasteiger partial charge in [-0.15, -0.1) is 0 Å². The number of carbonyl (C=O) groups excluding carboxylic acids is 2. The molecule has 0 atom stereocenters. The Morgan fingerprint density at radius 2 is 1.47 bits per heavy atom. The van der Waals surface area contributed by atoms with Crippen molar-refractivity contribution in [1.82, 2.24) is 0 Å². The van der Waals surface area contributed by atoms with Crippen molar-refractivity contribution in [2.75, 3.05) is 11.5 Å². The number of rotatable bonds is 13. The van der Waals surface area contributed by atoms with E-state index in [-0.39, 0.29) is 17.4 Å². The minimum absolute atomic E-state index is 0.00218. The number of hydrogen-bond acceptors (Lipinski definition) is 5. The molecule has 34 heavy (non-hydrogen) atoms. The maximum atomic E-state index is 13.2. The van der Waals surface area contributed by atoms with Gasteiger partial charge in [-0.2, -0.15) is 0 Å². The summed E-state index contributed by atoms with van der Waals surface area (Å²) in [5, 5.41) is 0. The van der Waals surface area contributed by atoms with Gasteiger partial charge in [-0.1, -0.05) is 75.4 Å². The molecule has 0 saturated carbocycles. The van der Waals surface area contributed by atoms with Crippen molar-refractivity contribution in [3.05, 3.63) is 83.9 Å². The predicted octanol–water partition coefficient (Wildman–Crippen LogP) is 5.81. The Kier molecular flexibility index (Phi) is 11.3. The van der Waals surface area contributed by atoms with Gasteiger partial charge in [0, 0.05) is 18.8 Å². The third kappa shape index (κ3) is 8.30. The second kappa shape index (κ2) is 14.2. The SMILES string of the molecule is CCCCCCCCOC(=O)/C(=C\C=C\N(C(C)=O)c1ccccc1)S(=O)(=O)c1ccccc1. The van der Waals surface area contributed by atoms with Gasteiger partial charge in [0.1, 0.15) is 0 Å². The number of allylic oxidation sites excluding steroid dienone is 2. The van der Waals surface area contributed by atoms with E-state index in [9.17, 15) is 18.0 Å². The Morgan fingerprint density at radius 3 is 2.09 bits per heavy atom. The first-order valence-electron chi connectivity index (χ1n) is 11.6. The van der Waals surface area contributed by atoms with E-state index in [0.717, 1.165) is 25.7 Å². The molecular formula is C27H33NO5S. The van der Waals surface area contributed by atoms with E-state index in [1.165, 1.54) is 48.7 Å². The monoisotopic (exact) mass is 483 g/mol. The molecule has 182 valence electrons. The van der Waals surface area contributed by atoms with E-state index in [1.807, 2.05) is 6.07 Å². The van der Waals surface area contributed by atoms with Crippen LogP contribution in [0.25, 0.3) is 0 Å². The average Bonchev–Trinajstić information content (AvgIpc) is 2.84. The zero-order valence-corrected chi connectivity index (χ0v) is 20.7. The van der Waals surface area contributed by atoms with Crippen LogP contribution >= 0.6 is 0 Å². The van der Waals surface area contributed by atoms with E-state index >= 15 is 0 Å². The lowest BCUT2D eigenvalue weighted by Gasteiger charge is -2.16. The minimum Gasteiger partial charge on any atom is -0.462 e. The second-order valence-corrected chi connectivity index (χ2v) is 9.74. The van der Waals surface area contributed by atoms with Gasteiger partial charge < -0.3 is 4.74 Å². The highest BCUT2D eigenvalue weighted by Gasteiger charge is 2.27. The summed E-state index contributed by atoms with van der Waals surface area (Å²) in [6.07, 6.45) is 10.1. The topological polar surface area (TPSA) is 80.8 Å². The molecule has 7 heteroatoms. The van der Waals surface area contributed by atoms with Crippen LogP contribution < -0.4 is 4.90 Å². The lowest BCUT2D eigenvalue weighted by atomic mass is 10.1. The fourth-order valence-corrected chi connectivity index (χ4v) is 4.60. The summed E-state index contributed by atoms with van der Waals surface area (Å²) >= 11 is 0. The van der Waals surface area contributed by atoms with Gasteiger partial charge in [0.15, 0.2) is 4.91 Å². The summed E-state index contributed by atoms with van der Waals surface area (Å²) in [6.45, 7) is 3.70. The molecule has 0 aliphatic carbocycles. The van der Waals surface area contributed by atoms with Gasteiger partial charge >= 0.3 is 5.97 Å². The Hall–Kier alpha value is -3.19. The number of unbranched alkanes of at least 4 members (excludes halogenated alkanes) is 5. The Balaban J connectivity index is 2.23. The zero-order chi connectivity index (χ0) is 24.8. The van der Waals surface area contributed by atoms with E-state index in [0.29, 0.717) is 12.1 Å². The molecule has 0 spiro atoms. The van der Waals surface area contributed by atoms with Gasteiger partial charge in [0.25, 0.3) is 0 Å². The number of benzene rings is 2. The molecule has 0 bridgehead atoms. The number of nitrogens with zero attached hydrogens (tertiary/aromatic N) is 1. The lowest BCUT2D eigenvalue weighted by molar-refractivity contribution is -0.138. The molecule has 1 amide bonds. The van der Waals surface area contributed by atoms with E-state index < -0.39 is 20.7 Å². The summed E-state index contributed by atoms with van der Waals surface area (Å²) in [4.78, 5) is 25.8. The molecule has 0 fully saturated rings. The molecule has 0 aromatic heterocycles. The highest BCUT2D eigenvalue weighted by atomic mass is 32.2. The Morgan fingerprint density at radius 1 is 0.882 bits per heavy atom. The Bertz CT molecular complexity index is 1080.